The molecule has 0 atom stereocenters. The number of rotatable bonds is 3. The normalized spacial score (nSPS) is 11.0. The van der Waals surface area contributed by atoms with Gasteiger partial charge in [0, 0.05) is 67.5 Å². The summed E-state index contributed by atoms with van der Waals surface area (Å²) in [6.45, 7) is 0.752. The molecule has 2 aromatic carbocycles. The molecule has 0 unspecified atom stereocenters. The van der Waals surface area contributed by atoms with Crippen molar-refractivity contribution in [3.63, 3.8) is 0 Å². The molecule has 0 aliphatic rings. The quantitative estimate of drug-likeness (QED) is 0.109. The summed E-state index contributed by atoms with van der Waals surface area (Å²) in [5.41, 5.74) is 6.27. The fourth-order valence-corrected chi connectivity index (χ4v) is 7.87. The standard InChI is InChI=1S/C17H10Cl2IN3.C10H7Cl2N.C7H4ClIN2/c18-12-6-11-5-10(1-2-14(11)22-7-12)8-23-9-13(20)16-15(23)3-4-21-17(16)19;11-5-7-1-2-10-8(3-7)4-9(12)6-13-10;8-7-6-4(9)3-11-5(6)1-2-10-7/h1-7,9H,8H2;1-4,6H,5H2;1-3,11H. The van der Waals surface area contributed by atoms with Crippen LogP contribution in [-0.4, -0.2) is 29.5 Å². The first-order valence-electron chi connectivity index (χ1n) is 13.9. The Morgan fingerprint density at radius 3 is 1.89 bits per heavy atom. The average Bonchev–Trinajstić information content (AvgIpc) is 3.61. The maximum absolute atomic E-state index is 6.22. The van der Waals surface area contributed by atoms with Gasteiger partial charge in [-0.25, -0.2) is 9.97 Å². The highest BCUT2D eigenvalue weighted by molar-refractivity contribution is 14.1. The molecule has 0 bridgehead atoms. The first kappa shape index (κ1) is 34.4. The molecule has 236 valence electrons. The molecule has 0 saturated carbocycles. The van der Waals surface area contributed by atoms with Gasteiger partial charge in [-0.1, -0.05) is 58.5 Å². The molecule has 13 heteroatoms. The third kappa shape index (κ3) is 8.07. The molecule has 6 aromatic heterocycles. The maximum Gasteiger partial charge on any atom is 0.139 e. The Morgan fingerprint density at radius 2 is 1.26 bits per heavy atom. The lowest BCUT2D eigenvalue weighted by atomic mass is 10.1. The largest absolute Gasteiger partial charge is 0.360 e. The second-order valence-corrected chi connectivity index (χ2v) is 14.4. The summed E-state index contributed by atoms with van der Waals surface area (Å²) < 4.78 is 4.39. The van der Waals surface area contributed by atoms with Crippen molar-refractivity contribution < 1.29 is 0 Å². The van der Waals surface area contributed by atoms with Crippen LogP contribution < -0.4 is 0 Å². The van der Waals surface area contributed by atoms with Crippen LogP contribution >= 0.6 is 103 Å². The van der Waals surface area contributed by atoms with Crippen molar-refractivity contribution in [1.82, 2.24) is 29.5 Å². The molecule has 1 N–H and O–H groups in total. The lowest BCUT2D eigenvalue weighted by molar-refractivity contribution is 0.836. The smallest absolute Gasteiger partial charge is 0.139 e. The van der Waals surface area contributed by atoms with Gasteiger partial charge in [-0.3, -0.25) is 9.97 Å². The van der Waals surface area contributed by atoms with Crippen LogP contribution in [0.15, 0.2) is 97.8 Å². The second kappa shape index (κ2) is 15.4. The van der Waals surface area contributed by atoms with Gasteiger partial charge in [-0.05, 0) is 105 Å². The summed E-state index contributed by atoms with van der Waals surface area (Å²) in [5.74, 6) is 0.516. The van der Waals surface area contributed by atoms with Crippen molar-refractivity contribution in [3.05, 3.63) is 136 Å². The molecule has 0 amide bonds. The van der Waals surface area contributed by atoms with Crippen LogP contribution in [0.3, 0.4) is 0 Å². The van der Waals surface area contributed by atoms with Crippen molar-refractivity contribution in [3.8, 4) is 0 Å². The van der Waals surface area contributed by atoms with Crippen molar-refractivity contribution in [2.24, 2.45) is 0 Å². The number of alkyl halides is 1. The average molecular weight is 945 g/mol. The van der Waals surface area contributed by atoms with E-state index in [0.29, 0.717) is 26.2 Å². The molecule has 0 fully saturated rings. The predicted octanol–water partition coefficient (Wildman–Crippen LogP) is 12.0. The van der Waals surface area contributed by atoms with E-state index in [1.165, 1.54) is 5.56 Å². The Labute approximate surface area is 322 Å². The van der Waals surface area contributed by atoms with Gasteiger partial charge in [-0.15, -0.1) is 11.6 Å². The molecule has 0 spiro atoms. The van der Waals surface area contributed by atoms with Crippen LogP contribution in [0.2, 0.25) is 20.4 Å². The Bertz CT molecular complexity index is 2380. The van der Waals surface area contributed by atoms with Crippen LogP contribution in [0.4, 0.5) is 0 Å². The number of fused-ring (bicyclic) bond motifs is 4. The van der Waals surface area contributed by atoms with Crippen LogP contribution in [0.1, 0.15) is 11.1 Å². The number of H-pyrrole nitrogens is 1. The van der Waals surface area contributed by atoms with Crippen LogP contribution in [0.5, 0.6) is 0 Å². The number of pyridine rings is 4. The SMILES string of the molecule is ClCc1ccc2ncc(Cl)cc2c1.Clc1cnc2ccc(Cn3cc(I)c4c(Cl)nccc43)cc2c1.Clc1nccc2[nH]cc(I)c12. The molecule has 0 aliphatic heterocycles. The number of hydrogen-bond acceptors (Lipinski definition) is 4. The molecule has 0 aliphatic carbocycles. The molecular formula is C34H21Cl5I2N6. The van der Waals surface area contributed by atoms with E-state index < -0.39 is 0 Å². The van der Waals surface area contributed by atoms with E-state index in [1.807, 2.05) is 54.7 Å². The summed E-state index contributed by atoms with van der Waals surface area (Å²) in [4.78, 5) is 19.8. The number of aromatic amines is 1. The monoisotopic (exact) mass is 942 g/mol. The minimum atomic E-state index is 0.516. The molecule has 47 heavy (non-hydrogen) atoms. The van der Waals surface area contributed by atoms with Gasteiger partial charge in [0.2, 0.25) is 0 Å². The third-order valence-electron chi connectivity index (χ3n) is 7.13. The van der Waals surface area contributed by atoms with Crippen LogP contribution in [0, 0.1) is 7.14 Å². The summed E-state index contributed by atoms with van der Waals surface area (Å²) >= 11 is 34.2. The van der Waals surface area contributed by atoms with E-state index in [2.05, 4.69) is 93.0 Å². The summed E-state index contributed by atoms with van der Waals surface area (Å²) in [6, 6.07) is 19.9. The summed E-state index contributed by atoms with van der Waals surface area (Å²) in [5, 5.41) is 6.49. The van der Waals surface area contributed by atoms with Gasteiger partial charge < -0.3 is 9.55 Å². The van der Waals surface area contributed by atoms with Crippen LogP contribution in [0.25, 0.3) is 43.6 Å². The third-order valence-corrected chi connectivity index (χ3v) is 10.1. The fraction of sp³-hybridized carbons (Fsp3) is 0.0588. The zero-order valence-electron chi connectivity index (χ0n) is 24.0. The first-order valence-corrected chi connectivity index (χ1v) is 18.1. The van der Waals surface area contributed by atoms with Gasteiger partial charge >= 0.3 is 0 Å². The van der Waals surface area contributed by atoms with E-state index >= 15 is 0 Å². The Hall–Kier alpha value is -2.45. The molecule has 0 saturated heterocycles. The van der Waals surface area contributed by atoms with Gasteiger partial charge in [0.25, 0.3) is 0 Å². The highest BCUT2D eigenvalue weighted by Gasteiger charge is 2.11. The molecule has 6 heterocycles. The highest BCUT2D eigenvalue weighted by atomic mass is 127. The predicted molar refractivity (Wildman–Crippen MR) is 213 cm³/mol. The van der Waals surface area contributed by atoms with Crippen molar-refractivity contribution in [2.45, 2.75) is 12.4 Å². The minimum absolute atomic E-state index is 0.516. The maximum atomic E-state index is 6.22. The van der Waals surface area contributed by atoms with Gasteiger partial charge in [0.05, 0.1) is 42.9 Å². The number of hydrogen-bond donors (Lipinski definition) is 1. The molecular weight excluding hydrogens is 923 g/mol. The van der Waals surface area contributed by atoms with Gasteiger partial charge in [0.15, 0.2) is 0 Å². The van der Waals surface area contributed by atoms with Crippen molar-refractivity contribution >= 4 is 147 Å². The molecule has 8 rings (SSSR count). The highest BCUT2D eigenvalue weighted by Crippen LogP contribution is 2.29. The van der Waals surface area contributed by atoms with E-state index in [0.717, 1.165) is 62.9 Å². The number of benzene rings is 2. The fourth-order valence-electron chi connectivity index (χ4n) is 4.97. The minimum Gasteiger partial charge on any atom is -0.360 e. The van der Waals surface area contributed by atoms with Gasteiger partial charge in [-0.2, -0.15) is 0 Å². The number of nitrogens with one attached hydrogen (secondary N) is 1. The first-order chi connectivity index (χ1) is 22.7. The number of aromatic nitrogens is 6. The van der Waals surface area contributed by atoms with Gasteiger partial charge in [0.1, 0.15) is 10.3 Å². The van der Waals surface area contributed by atoms with E-state index in [4.69, 9.17) is 58.0 Å². The van der Waals surface area contributed by atoms with E-state index in [1.54, 1.807) is 24.8 Å². The summed E-state index contributed by atoms with van der Waals surface area (Å²) in [6.07, 6.45) is 10.8. The van der Waals surface area contributed by atoms with Crippen LogP contribution in [-0.2, 0) is 12.4 Å². The van der Waals surface area contributed by atoms with E-state index in [-0.39, 0.29) is 0 Å². The zero-order chi connectivity index (χ0) is 33.1. The number of nitrogens with zero attached hydrogens (tertiary/aromatic N) is 5. The molecule has 6 nitrogen and oxygen atoms in total. The van der Waals surface area contributed by atoms with E-state index in [9.17, 15) is 0 Å². The van der Waals surface area contributed by atoms with Crippen molar-refractivity contribution in [1.29, 1.82) is 0 Å². The lowest BCUT2D eigenvalue weighted by Crippen LogP contribution is -1.98. The summed E-state index contributed by atoms with van der Waals surface area (Å²) in [7, 11) is 0. The molecule has 8 aromatic rings. The molecule has 0 radical (unpaired) electrons. The lowest BCUT2D eigenvalue weighted by Gasteiger charge is -2.07. The second-order valence-electron chi connectivity index (χ2n) is 10.3. The Morgan fingerprint density at radius 1 is 0.660 bits per heavy atom. The number of halogens is 7. The van der Waals surface area contributed by atoms with Crippen molar-refractivity contribution in [2.75, 3.05) is 0 Å². The Kier molecular flexibility index (Phi) is 11.3. The topological polar surface area (TPSA) is 72.3 Å². The zero-order valence-corrected chi connectivity index (χ0v) is 32.1. The Balaban J connectivity index is 0.000000136.